The normalized spacial score (nSPS) is 18.2. The van der Waals surface area contributed by atoms with Crippen LogP contribution in [0.3, 0.4) is 0 Å². The molecule has 1 atom stereocenters. The maximum atomic E-state index is 15.3. The maximum absolute atomic E-state index is 15.3. The van der Waals surface area contributed by atoms with Crippen molar-refractivity contribution in [3.8, 4) is 11.6 Å². The van der Waals surface area contributed by atoms with Gasteiger partial charge in [-0.3, -0.25) is 10.1 Å². The van der Waals surface area contributed by atoms with Crippen LogP contribution in [0.5, 0.6) is 0 Å². The lowest BCUT2D eigenvalue weighted by atomic mass is 9.81. The number of carbonyl (C=O) groups excluding carboxylic acids is 2. The van der Waals surface area contributed by atoms with E-state index in [4.69, 9.17) is 13.9 Å². The summed E-state index contributed by atoms with van der Waals surface area (Å²) in [4.78, 5) is 32.4. The first-order chi connectivity index (χ1) is 27.9. The first-order valence-corrected chi connectivity index (χ1v) is 19.7. The van der Waals surface area contributed by atoms with E-state index in [0.29, 0.717) is 23.1 Å². The van der Waals surface area contributed by atoms with E-state index >= 15 is 13.2 Å². The second-order valence-electron chi connectivity index (χ2n) is 15.3. The Kier molecular flexibility index (Phi) is 14.3. The number of nitrogens with one attached hydrogen (secondary N) is 1. The number of alkyl halides is 6. The van der Waals surface area contributed by atoms with Crippen LogP contribution in [-0.2, 0) is 40.8 Å². The predicted octanol–water partition coefficient (Wildman–Crippen LogP) is 11.2. The summed E-state index contributed by atoms with van der Waals surface area (Å²) >= 11 is 0. The van der Waals surface area contributed by atoms with Gasteiger partial charge in [0.15, 0.2) is 5.69 Å². The molecule has 1 aliphatic heterocycles. The molecule has 2 aromatic heterocycles. The van der Waals surface area contributed by atoms with Gasteiger partial charge >= 0.3 is 18.4 Å². The molecule has 1 unspecified atom stereocenters. The van der Waals surface area contributed by atoms with E-state index in [9.17, 15) is 22.8 Å². The molecule has 1 fully saturated rings. The van der Waals surface area contributed by atoms with Gasteiger partial charge in [0, 0.05) is 19.5 Å². The topological polar surface area (TPSA) is 120 Å². The Bertz CT molecular complexity index is 2060. The lowest BCUT2D eigenvalue weighted by molar-refractivity contribution is -0.295. The summed E-state index contributed by atoms with van der Waals surface area (Å²) in [7, 11) is 0. The van der Waals surface area contributed by atoms with E-state index in [2.05, 4.69) is 20.5 Å². The van der Waals surface area contributed by atoms with Crippen LogP contribution in [-0.4, -0.2) is 50.4 Å². The van der Waals surface area contributed by atoms with E-state index in [1.165, 1.54) is 52.2 Å². The largest absolute Gasteiger partial charge is 0.444 e. The lowest BCUT2D eigenvalue weighted by Gasteiger charge is -2.32. The van der Waals surface area contributed by atoms with Crippen molar-refractivity contribution in [3.63, 3.8) is 0 Å². The monoisotopic (exact) mass is 829 g/mol. The minimum absolute atomic E-state index is 0.0423. The third-order valence-electron chi connectivity index (χ3n) is 9.81. The number of aryl methyl sites for hydroxylation is 1. The number of aromatic nitrogens is 3. The number of carbonyl (C=O) groups is 2. The summed E-state index contributed by atoms with van der Waals surface area (Å²) in [6, 6.07) is 15.9. The predicted molar refractivity (Wildman–Crippen MR) is 208 cm³/mol. The summed E-state index contributed by atoms with van der Waals surface area (Å²) in [6.45, 7) is 7.69. The highest BCUT2D eigenvalue weighted by Gasteiger charge is 2.61. The second-order valence-corrected chi connectivity index (χ2v) is 15.3. The van der Waals surface area contributed by atoms with Crippen molar-refractivity contribution in [3.05, 3.63) is 107 Å². The number of hydrogen-bond acceptors (Lipinski definition) is 8. The number of rotatable bonds is 9. The molecule has 10 nitrogen and oxygen atoms in total. The number of pyridine rings is 1. The highest BCUT2D eigenvalue weighted by atomic mass is 19.4. The van der Waals surface area contributed by atoms with Crippen LogP contribution < -0.4 is 5.32 Å². The molecule has 2 amide bonds. The van der Waals surface area contributed by atoms with Crippen molar-refractivity contribution >= 4 is 17.7 Å². The van der Waals surface area contributed by atoms with E-state index in [0.717, 1.165) is 23.3 Å². The first-order valence-electron chi connectivity index (χ1n) is 19.7. The van der Waals surface area contributed by atoms with E-state index < -0.39 is 83.0 Å². The zero-order valence-electron chi connectivity index (χ0n) is 33.7. The third-order valence-corrected chi connectivity index (χ3v) is 9.81. The van der Waals surface area contributed by atoms with Gasteiger partial charge in [-0.1, -0.05) is 99.9 Å². The van der Waals surface area contributed by atoms with Gasteiger partial charge in [-0.25, -0.2) is 9.78 Å². The molecule has 1 aliphatic carbocycles. The minimum atomic E-state index is -5.18. The quantitative estimate of drug-likeness (QED) is 0.131. The van der Waals surface area contributed by atoms with Crippen molar-refractivity contribution in [1.82, 2.24) is 20.1 Å². The molecule has 0 spiro atoms. The Morgan fingerprint density at radius 3 is 2.20 bits per heavy atom. The van der Waals surface area contributed by atoms with Gasteiger partial charge in [0.25, 0.3) is 17.7 Å². The average molecular weight is 830 g/mol. The number of anilines is 1. The second kappa shape index (κ2) is 18.8. The number of nitrogens with zero attached hydrogens (tertiary/aromatic N) is 4. The van der Waals surface area contributed by atoms with Crippen molar-refractivity contribution < 1.29 is 49.8 Å². The van der Waals surface area contributed by atoms with Crippen LogP contribution in [0.2, 0.25) is 0 Å². The third kappa shape index (κ3) is 11.3. The minimum Gasteiger partial charge on any atom is -0.444 e. The van der Waals surface area contributed by atoms with Gasteiger partial charge in [-0.05, 0) is 68.7 Å². The van der Waals surface area contributed by atoms with Crippen molar-refractivity contribution in [2.45, 2.75) is 116 Å². The van der Waals surface area contributed by atoms with Crippen molar-refractivity contribution in [1.29, 1.82) is 0 Å². The maximum Gasteiger partial charge on any atom is 0.426 e. The Labute approximate surface area is 339 Å². The van der Waals surface area contributed by atoms with Gasteiger partial charge < -0.3 is 18.8 Å². The van der Waals surface area contributed by atoms with E-state index in [1.54, 1.807) is 42.5 Å². The summed E-state index contributed by atoms with van der Waals surface area (Å²) in [6.07, 6.45) is -4.27. The molecule has 1 N–H and O–H groups in total. The summed E-state index contributed by atoms with van der Waals surface area (Å²) in [5, 5.41) is 9.61. The molecular weight excluding hydrogens is 780 g/mol. The Hall–Kier alpha value is -5.25. The number of halogens is 6. The number of amides is 2. The Morgan fingerprint density at radius 2 is 1.59 bits per heavy atom. The van der Waals surface area contributed by atoms with Crippen molar-refractivity contribution in [2.24, 2.45) is 5.92 Å². The molecule has 2 aliphatic rings. The smallest absolute Gasteiger partial charge is 0.426 e. The van der Waals surface area contributed by atoms with Gasteiger partial charge in [0.05, 0.1) is 17.9 Å². The van der Waals surface area contributed by atoms with Gasteiger partial charge in [-0.2, -0.15) is 26.3 Å². The van der Waals surface area contributed by atoms with Crippen LogP contribution >= 0.6 is 0 Å². The van der Waals surface area contributed by atoms with Gasteiger partial charge in [0.2, 0.25) is 5.60 Å². The number of hydrogen-bond donors (Lipinski definition) is 1. The lowest BCUT2D eigenvalue weighted by Crippen LogP contribution is -2.45. The fourth-order valence-electron chi connectivity index (χ4n) is 6.54. The number of fused-ring (bicyclic) bond motifs is 5. The molecule has 1 saturated carbocycles. The van der Waals surface area contributed by atoms with Crippen LogP contribution in [0.4, 0.5) is 36.8 Å². The summed E-state index contributed by atoms with van der Waals surface area (Å²) < 4.78 is 107. The zero-order chi connectivity index (χ0) is 43.0. The van der Waals surface area contributed by atoms with E-state index in [-0.39, 0.29) is 19.5 Å². The Balaban J connectivity index is 0.00000326. The Morgan fingerprint density at radius 1 is 0.915 bits per heavy atom. The molecule has 4 aromatic rings. The molecular formula is C43H49F6N5O5. The summed E-state index contributed by atoms with van der Waals surface area (Å²) in [5.74, 6) is -2.31. The average Bonchev–Trinajstić information content (AvgIpc) is 3.65. The standard InChI is InChI=1S/C41H43F6N5O5.C2H6/c1-38(2,3)57-37(54)48-31-23-30(40(42,43)44)32-35(53)52(24-28-19-17-27(18-20-28)16-15-26-13-10-14-26)22-9-5-8-21-39(41(45,46)47,55-25-29-11-6-4-7-12-29)36-51-50-34(56-36)33(31)49-32;1-2/h4-8,11-12,17-20,23,26H,9-10,13-16,21-22,24-25H2,1-3H3,(H,48,54);1-2H3/b8-5+;. The molecule has 4 bridgehead atoms. The van der Waals surface area contributed by atoms with Gasteiger partial charge in [-0.15, -0.1) is 10.2 Å². The molecule has 0 saturated heterocycles. The molecule has 3 heterocycles. The molecule has 6 rings (SSSR count). The zero-order valence-corrected chi connectivity index (χ0v) is 33.7. The number of benzene rings is 2. The van der Waals surface area contributed by atoms with Crippen LogP contribution in [0, 0.1) is 5.92 Å². The molecule has 2 aromatic carbocycles. The summed E-state index contributed by atoms with van der Waals surface area (Å²) in [5.41, 5.74) is -6.23. The fourth-order valence-corrected chi connectivity index (χ4v) is 6.54. The van der Waals surface area contributed by atoms with Gasteiger partial charge in [0.1, 0.15) is 11.3 Å². The SMILES string of the molecule is CC.CC(C)(C)OC(=O)Nc1cc(C(F)(F)F)c2nc1-c1nnc(o1)C(OCc1ccccc1)(C(F)(F)F)C/C=C/CCN(Cc1ccc(CCC3CCC3)cc1)C2=O. The molecule has 318 valence electrons. The van der Waals surface area contributed by atoms with Crippen LogP contribution in [0.15, 0.2) is 77.2 Å². The van der Waals surface area contributed by atoms with Crippen LogP contribution in [0.1, 0.15) is 112 Å². The molecule has 59 heavy (non-hydrogen) atoms. The number of ether oxygens (including phenoxy) is 2. The highest BCUT2D eigenvalue weighted by molar-refractivity contribution is 5.97. The first kappa shape index (κ1) is 44.8. The van der Waals surface area contributed by atoms with E-state index in [1.807, 2.05) is 26.0 Å². The highest BCUT2D eigenvalue weighted by Crippen LogP contribution is 2.47. The fraction of sp³-hybridized carbons (Fsp3) is 0.465. The molecule has 16 heteroatoms. The van der Waals surface area contributed by atoms with Crippen LogP contribution in [0.25, 0.3) is 11.6 Å². The van der Waals surface area contributed by atoms with Crippen molar-refractivity contribution in [2.75, 3.05) is 11.9 Å². The molecule has 0 radical (unpaired) electrons.